The van der Waals surface area contributed by atoms with Crippen LogP contribution in [0.4, 0.5) is 21.0 Å². The van der Waals surface area contributed by atoms with Crippen molar-refractivity contribution in [2.24, 2.45) is 58.2 Å². The van der Waals surface area contributed by atoms with E-state index in [0.717, 1.165) is 35.1 Å². The van der Waals surface area contributed by atoms with Crippen molar-refractivity contribution in [2.75, 3.05) is 23.7 Å². The van der Waals surface area contributed by atoms with E-state index in [1.807, 2.05) is 64.1 Å². The largest absolute Gasteiger partial charge is 0.460 e. The van der Waals surface area contributed by atoms with Crippen LogP contribution in [0.3, 0.4) is 0 Å². The van der Waals surface area contributed by atoms with Crippen molar-refractivity contribution in [3.8, 4) is 0 Å². The molecule has 0 aromatic heterocycles. The molecule has 4 heterocycles. The molecule has 4 aliphatic carbocycles. The summed E-state index contributed by atoms with van der Waals surface area (Å²) < 4.78 is 78.1. The topological polar surface area (TPSA) is 330 Å². The third-order valence-corrected chi connectivity index (χ3v) is 28.0. The van der Waals surface area contributed by atoms with E-state index in [-0.39, 0.29) is 100.0 Å². The molecular formula is C80H112Cl2N6O18S2. The Morgan fingerprint density at radius 3 is 1.19 bits per heavy atom. The van der Waals surface area contributed by atoms with Gasteiger partial charge in [0.15, 0.2) is 11.6 Å². The van der Waals surface area contributed by atoms with Crippen LogP contribution in [0.15, 0.2) is 48.6 Å². The zero-order valence-corrected chi connectivity index (χ0v) is 68.6. The number of nitrogens with zero attached hydrogens (tertiary/aromatic N) is 2. The minimum absolute atomic E-state index is 0.0445. The van der Waals surface area contributed by atoms with E-state index in [1.165, 1.54) is 9.80 Å². The van der Waals surface area contributed by atoms with Gasteiger partial charge in [-0.3, -0.25) is 58.4 Å². The first-order valence-corrected chi connectivity index (χ1v) is 41.9. The lowest BCUT2D eigenvalue weighted by molar-refractivity contribution is -0.160. The van der Waals surface area contributed by atoms with Gasteiger partial charge in [-0.2, -0.15) is 0 Å². The van der Waals surface area contributed by atoms with Crippen LogP contribution >= 0.6 is 23.2 Å². The molecule has 0 unspecified atom stereocenters. The Morgan fingerprint density at radius 1 is 0.537 bits per heavy atom. The molecular weight excluding hydrogens is 1470 g/mol. The van der Waals surface area contributed by atoms with Gasteiger partial charge in [0.2, 0.25) is 43.7 Å². The summed E-state index contributed by atoms with van der Waals surface area (Å²) in [6, 6.07) is 4.96. The van der Waals surface area contributed by atoms with Gasteiger partial charge in [-0.15, -0.1) is 0 Å². The van der Waals surface area contributed by atoms with Crippen LogP contribution in [-0.2, 0) is 77.4 Å². The van der Waals surface area contributed by atoms with Crippen molar-refractivity contribution in [1.82, 2.24) is 19.2 Å². The van der Waals surface area contributed by atoms with Gasteiger partial charge in [0.1, 0.15) is 23.4 Å². The number of ketones is 2. The Morgan fingerprint density at radius 2 is 0.880 bits per heavy atom. The Labute approximate surface area is 647 Å². The monoisotopic (exact) mass is 1580 g/mol. The van der Waals surface area contributed by atoms with Gasteiger partial charge >= 0.3 is 24.1 Å². The van der Waals surface area contributed by atoms with Crippen LogP contribution in [0.25, 0.3) is 0 Å². The summed E-state index contributed by atoms with van der Waals surface area (Å²) in [4.78, 5) is 142. The number of allylic oxidation sites excluding steroid dienone is 4. The number of fused-ring (bicyclic) bond motifs is 4. The van der Waals surface area contributed by atoms with Gasteiger partial charge in [0.05, 0.1) is 91.6 Å². The Kier molecular flexibility index (Phi) is 25.9. The molecule has 4 saturated carbocycles. The molecule has 2 aromatic carbocycles. The van der Waals surface area contributed by atoms with Crippen molar-refractivity contribution in [3.63, 3.8) is 0 Å². The number of esters is 2. The quantitative estimate of drug-likeness (QED) is 0.0775. The Bertz CT molecular complexity index is 3850. The van der Waals surface area contributed by atoms with Crippen molar-refractivity contribution in [2.45, 2.75) is 271 Å². The average Bonchev–Trinajstić information content (AvgIpc) is 1.57. The lowest BCUT2D eigenvalue weighted by Gasteiger charge is -2.32. The lowest BCUT2D eigenvalue weighted by Crippen LogP contribution is -2.48. The molecule has 6 amide bonds. The summed E-state index contributed by atoms with van der Waals surface area (Å²) >= 11 is 12.9. The number of amides is 6. The van der Waals surface area contributed by atoms with Crippen LogP contribution in [0.5, 0.6) is 0 Å². The first-order chi connectivity index (χ1) is 50.1. The number of halogens is 2. The predicted octanol–water partition coefficient (Wildman–Crippen LogP) is 13.6. The smallest absolute Gasteiger partial charge is 0.412 e. The van der Waals surface area contributed by atoms with E-state index in [1.54, 1.807) is 81.4 Å². The van der Waals surface area contributed by atoms with Crippen LogP contribution in [0.1, 0.15) is 221 Å². The summed E-state index contributed by atoms with van der Waals surface area (Å²) in [5.74, 6) is -6.88. The van der Waals surface area contributed by atoms with Gasteiger partial charge in [0, 0.05) is 25.7 Å². The second-order valence-corrected chi connectivity index (χ2v) is 40.3. The van der Waals surface area contributed by atoms with Gasteiger partial charge in [-0.05, 0) is 230 Å². The van der Waals surface area contributed by atoms with E-state index in [9.17, 15) is 64.8 Å². The Balaban J connectivity index is 0.000000249. The van der Waals surface area contributed by atoms with Crippen molar-refractivity contribution in [1.29, 1.82) is 0 Å². The minimum Gasteiger partial charge on any atom is -0.460 e. The van der Waals surface area contributed by atoms with Crippen molar-refractivity contribution < 1.29 is 83.7 Å². The molecule has 596 valence electrons. The summed E-state index contributed by atoms with van der Waals surface area (Å²) in [6.07, 6.45) is 9.76. The van der Waals surface area contributed by atoms with Crippen molar-refractivity contribution in [3.05, 3.63) is 80.9 Å². The number of anilines is 2. The van der Waals surface area contributed by atoms with Crippen molar-refractivity contribution >= 4 is 114 Å². The van der Waals surface area contributed by atoms with E-state index in [0.29, 0.717) is 72.8 Å². The molecule has 0 bridgehead atoms. The van der Waals surface area contributed by atoms with Gasteiger partial charge in [-0.25, -0.2) is 26.4 Å². The highest BCUT2D eigenvalue weighted by atomic mass is 35.5. The molecule has 108 heavy (non-hydrogen) atoms. The molecule has 10 rings (SSSR count). The molecule has 0 spiro atoms. The minimum atomic E-state index is -3.98. The maximum atomic E-state index is 14.7. The molecule has 24 nitrogen and oxygen atoms in total. The molecule has 14 atom stereocenters. The molecule has 2 aromatic rings. The summed E-state index contributed by atoms with van der Waals surface area (Å²) in [5, 5.41) is 6.06. The first kappa shape index (κ1) is 85.1. The van der Waals surface area contributed by atoms with Crippen LogP contribution in [-0.4, -0.2) is 144 Å². The number of benzene rings is 2. The summed E-state index contributed by atoms with van der Waals surface area (Å²) in [6.45, 7) is 28.8. The van der Waals surface area contributed by atoms with E-state index < -0.39 is 147 Å². The number of hydrogen-bond donors (Lipinski definition) is 4. The van der Waals surface area contributed by atoms with Crippen LogP contribution < -0.4 is 20.1 Å². The zero-order chi connectivity index (χ0) is 79.9. The third-order valence-electron chi connectivity index (χ3n) is 23.1. The molecule has 8 aliphatic rings. The number of sulfonamides is 2. The standard InChI is InChI=1S/2C40H56ClN3O9S/c2*1-23-11-9-10-12-27-20-40(27,36(48)43-54(50,51)39(8)13-14-39)21-32(45)31-18-28(52-37(49)42-34-26(4)16-24(2)17-30(34)41)22-44(31)35(47)29(25(3)15-23)19-33(46)53-38(5,6)7/h2*10,12,16-17,23,25,27-29,31H,9,11,13-15,18-22H2,1-8H3,(H,42,49)(H,43,48)/b2*12-10-/t23-,25+,27+,28+,29-,31-,40+;23-,25-,27-,28-,29+,31+,40-/m01/s1. The fourth-order valence-electron chi connectivity index (χ4n) is 16.0. The first-order valence-electron chi connectivity index (χ1n) is 38.1. The number of nitrogens with one attached hydrogen (secondary N) is 4. The van der Waals surface area contributed by atoms with E-state index in [2.05, 4.69) is 33.9 Å². The highest BCUT2D eigenvalue weighted by Gasteiger charge is 2.65. The zero-order valence-electron chi connectivity index (χ0n) is 65.5. The Hall–Kier alpha value is -6.90. The van der Waals surface area contributed by atoms with E-state index >= 15 is 0 Å². The summed E-state index contributed by atoms with van der Waals surface area (Å²) in [7, 11) is -7.95. The maximum absolute atomic E-state index is 14.7. The van der Waals surface area contributed by atoms with E-state index in [4.69, 9.17) is 42.1 Å². The number of rotatable bonds is 14. The number of ether oxygens (including phenoxy) is 4. The number of aryl methyl sites for hydroxylation is 4. The highest BCUT2D eigenvalue weighted by Crippen LogP contribution is 2.59. The van der Waals surface area contributed by atoms with Gasteiger partial charge < -0.3 is 28.7 Å². The highest BCUT2D eigenvalue weighted by molar-refractivity contribution is 7.92. The lowest BCUT2D eigenvalue weighted by atomic mass is 9.82. The second-order valence-electron chi connectivity index (χ2n) is 35.1. The van der Waals surface area contributed by atoms with Crippen LogP contribution in [0, 0.1) is 85.9 Å². The molecule has 4 aliphatic heterocycles. The fourth-order valence-corrected chi connectivity index (χ4v) is 19.4. The third kappa shape index (κ3) is 20.6. The normalized spacial score (nSPS) is 30.5. The number of hydrogen-bond acceptors (Lipinski definition) is 18. The molecule has 4 N–H and O–H groups in total. The van der Waals surface area contributed by atoms with Gasteiger partial charge in [-0.1, -0.05) is 87.3 Å². The van der Waals surface area contributed by atoms with Crippen LogP contribution in [0.2, 0.25) is 10.0 Å². The molecule has 0 radical (unpaired) electrons. The maximum Gasteiger partial charge on any atom is 0.412 e. The number of carbonyl (C=O) groups excluding carboxylic acids is 10. The molecule has 6 fully saturated rings. The SMILES string of the molecule is Cc1cc(C)c(NC(=O)O[C@@H]2C[C@H]3C(=O)C[C@]4(C(=O)NS(=O)(=O)C5(C)CC5)C[C@H]4/C=C\CC[C@@H](C)C[C@@H](C)[C@H](CC(=O)OC(C)(C)C)C(=O)N3C2)c(Cl)c1.Cc1cc(C)c(NC(=O)O[C@@H]2C[C@H]3C(=O)C[C@]4(C(=O)NS(=O)(=O)C5(C)CC5)C[C@H]4/C=C\CC[C@H](C)C[C@@H](C)[C@H](CC(=O)OC(C)(C)C)C(=O)N3C2)c(Cl)c1. The number of Topliss-reactive ketones (excluding diaryl/α,β-unsaturated/α-hetero) is 2. The number of carbonyl (C=O) groups is 10. The fraction of sp³-hybridized carbons (Fsp3) is 0.675. The molecule has 2 saturated heterocycles. The average molecular weight is 1580 g/mol. The second kappa shape index (κ2) is 32.8. The van der Waals surface area contributed by atoms with Gasteiger partial charge in [0.25, 0.3) is 0 Å². The predicted molar refractivity (Wildman–Crippen MR) is 410 cm³/mol. The summed E-state index contributed by atoms with van der Waals surface area (Å²) in [5.41, 5.74) is -0.147. The molecule has 28 heteroatoms.